The van der Waals surface area contributed by atoms with Crippen molar-refractivity contribution < 1.29 is 14.7 Å². The van der Waals surface area contributed by atoms with Gasteiger partial charge in [0.1, 0.15) is 6.04 Å². The van der Waals surface area contributed by atoms with Gasteiger partial charge in [-0.2, -0.15) is 0 Å². The molecule has 0 aromatic carbocycles. The monoisotopic (exact) mass is 332 g/mol. The largest absolute Gasteiger partial charge is 0.480 e. The Morgan fingerprint density at radius 3 is 2.71 bits per heavy atom. The van der Waals surface area contributed by atoms with E-state index in [0.717, 1.165) is 44.1 Å². The normalized spacial score (nSPS) is 17.4. The van der Waals surface area contributed by atoms with Crippen LogP contribution < -0.4 is 5.32 Å². The molecule has 5 heteroatoms. The zero-order valence-corrected chi connectivity index (χ0v) is 14.4. The molecule has 1 aromatic rings. The van der Waals surface area contributed by atoms with Crippen LogP contribution in [0.1, 0.15) is 57.4 Å². The van der Waals surface area contributed by atoms with Crippen molar-refractivity contribution in [2.45, 2.75) is 64.3 Å². The summed E-state index contributed by atoms with van der Waals surface area (Å²) in [7, 11) is 0. The second kappa shape index (κ2) is 9.40. The predicted octanol–water partition coefficient (Wildman–Crippen LogP) is 3.19. The van der Waals surface area contributed by atoms with Gasteiger partial charge >= 0.3 is 5.97 Å². The minimum atomic E-state index is -0.941. The number of hydrogen-bond donors (Lipinski definition) is 2. The quantitative estimate of drug-likeness (QED) is 0.728. The number of nitrogens with zero attached hydrogens (tertiary/aromatic N) is 1. The summed E-state index contributed by atoms with van der Waals surface area (Å²) in [6.07, 6.45) is 10.7. The molecule has 1 aliphatic rings. The summed E-state index contributed by atoms with van der Waals surface area (Å²) in [4.78, 5) is 28.4. The molecular formula is C19H28N2O3. The average Bonchev–Trinajstić information content (AvgIpc) is 3.11. The molecule has 2 rings (SSSR count). The summed E-state index contributed by atoms with van der Waals surface area (Å²) in [5, 5.41) is 12.2. The number of pyridine rings is 1. The first-order chi connectivity index (χ1) is 11.6. The van der Waals surface area contributed by atoms with E-state index in [1.807, 2.05) is 19.1 Å². The van der Waals surface area contributed by atoms with E-state index in [1.165, 1.54) is 0 Å². The van der Waals surface area contributed by atoms with Gasteiger partial charge in [-0.15, -0.1) is 0 Å². The second-order valence-electron chi connectivity index (χ2n) is 6.76. The van der Waals surface area contributed by atoms with Crippen molar-refractivity contribution in [2.75, 3.05) is 0 Å². The maximum absolute atomic E-state index is 12.8. The third kappa shape index (κ3) is 5.32. The molecule has 1 fully saturated rings. The maximum atomic E-state index is 12.8. The number of nitrogens with one attached hydrogen (secondary N) is 1. The molecule has 1 saturated carbocycles. The summed E-state index contributed by atoms with van der Waals surface area (Å²) in [6.45, 7) is 2.02. The molecule has 1 unspecified atom stereocenters. The van der Waals surface area contributed by atoms with Crippen molar-refractivity contribution in [1.82, 2.24) is 10.3 Å². The van der Waals surface area contributed by atoms with Crippen LogP contribution in [0, 0.1) is 11.8 Å². The fraction of sp³-hybridized carbons (Fsp3) is 0.632. The zero-order valence-electron chi connectivity index (χ0n) is 14.4. The molecule has 0 saturated heterocycles. The number of hydrogen-bond acceptors (Lipinski definition) is 3. The number of rotatable bonds is 9. The molecule has 132 valence electrons. The molecular weight excluding hydrogens is 304 g/mol. The molecule has 0 spiro atoms. The summed E-state index contributed by atoms with van der Waals surface area (Å²) < 4.78 is 0. The van der Waals surface area contributed by atoms with E-state index in [-0.39, 0.29) is 11.8 Å². The van der Waals surface area contributed by atoms with E-state index in [9.17, 15) is 14.7 Å². The lowest BCUT2D eigenvalue weighted by atomic mass is 9.85. The topological polar surface area (TPSA) is 79.3 Å². The maximum Gasteiger partial charge on any atom is 0.326 e. The average molecular weight is 332 g/mol. The Kier molecular flexibility index (Phi) is 7.22. The molecule has 1 amide bonds. The Morgan fingerprint density at radius 2 is 2.12 bits per heavy atom. The van der Waals surface area contributed by atoms with Gasteiger partial charge in [-0.3, -0.25) is 9.78 Å². The molecule has 1 aliphatic carbocycles. The highest BCUT2D eigenvalue weighted by molar-refractivity contribution is 5.85. The molecule has 0 aliphatic heterocycles. The van der Waals surface area contributed by atoms with Crippen LogP contribution in [-0.4, -0.2) is 28.0 Å². The van der Waals surface area contributed by atoms with E-state index < -0.39 is 12.0 Å². The molecule has 1 aromatic heterocycles. The predicted molar refractivity (Wildman–Crippen MR) is 92.5 cm³/mol. The van der Waals surface area contributed by atoms with Gasteiger partial charge in [0.15, 0.2) is 0 Å². The van der Waals surface area contributed by atoms with E-state index >= 15 is 0 Å². The number of aromatic nitrogens is 1. The van der Waals surface area contributed by atoms with Gasteiger partial charge in [0.05, 0.1) is 0 Å². The van der Waals surface area contributed by atoms with Crippen LogP contribution >= 0.6 is 0 Å². The minimum absolute atomic E-state index is 0.116. The van der Waals surface area contributed by atoms with Crippen molar-refractivity contribution in [3.8, 4) is 0 Å². The standard InChI is InChI=1S/C19H28N2O3/c1-2-3-10-17(19(23)24)21-18(22)16(15-8-4-5-9-15)12-14-7-6-11-20-13-14/h6-7,11,13,15-17H,2-5,8-10,12H2,1H3,(H,21,22)(H,23,24)/t16?,17-/m1/s1. The van der Waals surface area contributed by atoms with Crippen LogP contribution in [0.25, 0.3) is 0 Å². The lowest BCUT2D eigenvalue weighted by Crippen LogP contribution is -2.45. The third-order valence-corrected chi connectivity index (χ3v) is 4.94. The number of amides is 1. The Morgan fingerprint density at radius 1 is 1.38 bits per heavy atom. The fourth-order valence-corrected chi connectivity index (χ4v) is 3.55. The first-order valence-electron chi connectivity index (χ1n) is 9.04. The number of unbranched alkanes of at least 4 members (excludes halogenated alkanes) is 1. The van der Waals surface area contributed by atoms with Gasteiger partial charge in [-0.25, -0.2) is 4.79 Å². The Hall–Kier alpha value is -1.91. The molecule has 2 N–H and O–H groups in total. The van der Waals surface area contributed by atoms with Crippen LogP contribution in [0.3, 0.4) is 0 Å². The first-order valence-corrected chi connectivity index (χ1v) is 9.04. The summed E-state index contributed by atoms with van der Waals surface area (Å²) in [5.74, 6) is -0.886. The molecule has 24 heavy (non-hydrogen) atoms. The van der Waals surface area contributed by atoms with Crippen LogP contribution in [0.2, 0.25) is 0 Å². The molecule has 2 atom stereocenters. The first kappa shape index (κ1) is 18.4. The van der Waals surface area contributed by atoms with Crippen molar-refractivity contribution in [1.29, 1.82) is 0 Å². The number of carbonyl (C=O) groups is 2. The minimum Gasteiger partial charge on any atom is -0.480 e. The van der Waals surface area contributed by atoms with Gasteiger partial charge in [0.2, 0.25) is 5.91 Å². The SMILES string of the molecule is CCCC[C@@H](NC(=O)C(Cc1cccnc1)C1CCCC1)C(=O)O. The van der Waals surface area contributed by atoms with E-state index in [0.29, 0.717) is 18.8 Å². The number of carboxylic acids is 1. The highest BCUT2D eigenvalue weighted by atomic mass is 16.4. The molecule has 5 nitrogen and oxygen atoms in total. The van der Waals surface area contributed by atoms with Crippen molar-refractivity contribution in [3.05, 3.63) is 30.1 Å². The lowest BCUT2D eigenvalue weighted by molar-refractivity contribution is -0.143. The highest BCUT2D eigenvalue weighted by Gasteiger charge is 2.32. The number of carbonyl (C=O) groups excluding carboxylic acids is 1. The van der Waals surface area contributed by atoms with Crippen molar-refractivity contribution in [3.63, 3.8) is 0 Å². The summed E-state index contributed by atoms with van der Waals surface area (Å²) >= 11 is 0. The third-order valence-electron chi connectivity index (χ3n) is 4.94. The van der Waals surface area contributed by atoms with Gasteiger partial charge in [-0.1, -0.05) is 38.7 Å². The van der Waals surface area contributed by atoms with E-state index in [2.05, 4.69) is 10.3 Å². The summed E-state index contributed by atoms with van der Waals surface area (Å²) in [6, 6.07) is 3.07. The Labute approximate surface area is 143 Å². The van der Waals surface area contributed by atoms with E-state index in [1.54, 1.807) is 12.4 Å². The lowest BCUT2D eigenvalue weighted by Gasteiger charge is -2.25. The highest BCUT2D eigenvalue weighted by Crippen LogP contribution is 2.33. The van der Waals surface area contributed by atoms with Gasteiger partial charge in [0.25, 0.3) is 0 Å². The van der Waals surface area contributed by atoms with Crippen molar-refractivity contribution >= 4 is 11.9 Å². The van der Waals surface area contributed by atoms with Crippen LogP contribution in [0.15, 0.2) is 24.5 Å². The zero-order chi connectivity index (χ0) is 17.4. The molecule has 0 radical (unpaired) electrons. The van der Waals surface area contributed by atoms with Gasteiger partial charge in [0, 0.05) is 18.3 Å². The second-order valence-corrected chi connectivity index (χ2v) is 6.76. The van der Waals surface area contributed by atoms with Gasteiger partial charge in [-0.05, 0) is 43.2 Å². The van der Waals surface area contributed by atoms with E-state index in [4.69, 9.17) is 0 Å². The molecule has 0 bridgehead atoms. The summed E-state index contributed by atoms with van der Waals surface area (Å²) in [5.41, 5.74) is 1.03. The van der Waals surface area contributed by atoms with Gasteiger partial charge < -0.3 is 10.4 Å². The smallest absolute Gasteiger partial charge is 0.326 e. The Balaban J connectivity index is 2.07. The van der Waals surface area contributed by atoms with Crippen LogP contribution in [0.5, 0.6) is 0 Å². The van der Waals surface area contributed by atoms with Crippen molar-refractivity contribution in [2.24, 2.45) is 11.8 Å². The Bertz CT molecular complexity index is 527. The number of carboxylic acid groups (broad SMARTS) is 1. The van der Waals surface area contributed by atoms with Crippen LogP contribution in [-0.2, 0) is 16.0 Å². The molecule has 1 heterocycles. The number of aliphatic carboxylic acids is 1. The fourth-order valence-electron chi connectivity index (χ4n) is 3.55. The van der Waals surface area contributed by atoms with Crippen LogP contribution in [0.4, 0.5) is 0 Å².